The number of hydrogen-bond acceptors (Lipinski definition) is 3. The van der Waals surface area contributed by atoms with Gasteiger partial charge in [-0.25, -0.2) is 4.98 Å². The van der Waals surface area contributed by atoms with Crippen molar-refractivity contribution in [3.05, 3.63) is 51.6 Å². The van der Waals surface area contributed by atoms with Crippen molar-refractivity contribution in [2.24, 2.45) is 0 Å². The van der Waals surface area contributed by atoms with Crippen molar-refractivity contribution in [2.45, 2.75) is 0 Å². The second-order valence-electron chi connectivity index (χ2n) is 3.73. The molecule has 0 unspecified atom stereocenters. The van der Waals surface area contributed by atoms with Crippen LogP contribution in [-0.2, 0) is 0 Å². The first-order chi connectivity index (χ1) is 9.11. The molecule has 2 rings (SSSR count). The Morgan fingerprint density at radius 2 is 2.11 bits per heavy atom. The molecule has 0 saturated carbocycles. The Morgan fingerprint density at radius 3 is 2.79 bits per heavy atom. The van der Waals surface area contributed by atoms with E-state index in [0.29, 0.717) is 22.1 Å². The van der Waals surface area contributed by atoms with Gasteiger partial charge in [-0.05, 0) is 34.1 Å². The predicted molar refractivity (Wildman–Crippen MR) is 80.9 cm³/mol. The molecule has 0 fully saturated rings. The summed E-state index contributed by atoms with van der Waals surface area (Å²) in [4.78, 5) is 16.4. The van der Waals surface area contributed by atoms with Crippen molar-refractivity contribution in [3.63, 3.8) is 0 Å². The minimum absolute atomic E-state index is 0.272. The fraction of sp³-hybridized carbons (Fsp3) is 0.0769. The highest BCUT2D eigenvalue weighted by molar-refractivity contribution is 9.10. The maximum absolute atomic E-state index is 12.2. The molecule has 0 atom stereocenters. The van der Waals surface area contributed by atoms with Crippen molar-refractivity contribution in [1.29, 1.82) is 0 Å². The van der Waals surface area contributed by atoms with Gasteiger partial charge in [0.25, 0.3) is 5.91 Å². The second-order valence-corrected chi connectivity index (χ2v) is 5.06. The molecule has 6 heteroatoms. The number of benzene rings is 1. The van der Waals surface area contributed by atoms with E-state index in [9.17, 15) is 4.79 Å². The molecule has 0 aliphatic carbocycles. The number of aromatic nitrogens is 1. The molecule has 0 bridgehead atoms. The molecule has 1 aromatic carbocycles. The number of nitrogens with zero attached hydrogens (tertiary/aromatic N) is 1. The van der Waals surface area contributed by atoms with Gasteiger partial charge >= 0.3 is 0 Å². The van der Waals surface area contributed by atoms with E-state index in [1.54, 1.807) is 43.6 Å². The average molecular weight is 341 g/mol. The van der Waals surface area contributed by atoms with E-state index in [1.807, 2.05) is 0 Å². The van der Waals surface area contributed by atoms with Crippen LogP contribution in [0.15, 0.2) is 41.0 Å². The zero-order valence-electron chi connectivity index (χ0n) is 10.1. The molecular formula is C13H11BrClN3O. The lowest BCUT2D eigenvalue weighted by Crippen LogP contribution is -2.15. The number of carbonyl (C=O) groups is 1. The normalized spacial score (nSPS) is 10.1. The van der Waals surface area contributed by atoms with Gasteiger partial charge in [0, 0.05) is 17.7 Å². The van der Waals surface area contributed by atoms with Crippen molar-refractivity contribution in [3.8, 4) is 0 Å². The van der Waals surface area contributed by atoms with Gasteiger partial charge < -0.3 is 10.6 Å². The number of anilines is 2. The third kappa shape index (κ3) is 3.24. The number of nitrogens with one attached hydrogen (secondary N) is 2. The van der Waals surface area contributed by atoms with Crippen molar-refractivity contribution in [1.82, 2.24) is 4.98 Å². The highest BCUT2D eigenvalue weighted by Gasteiger charge is 2.13. The quantitative estimate of drug-likeness (QED) is 0.894. The van der Waals surface area contributed by atoms with E-state index >= 15 is 0 Å². The predicted octanol–water partition coefficient (Wildman–Crippen LogP) is 3.79. The summed E-state index contributed by atoms with van der Waals surface area (Å²) < 4.78 is 0.732. The molecule has 1 aromatic heterocycles. The Labute approximate surface area is 124 Å². The Morgan fingerprint density at radius 1 is 1.37 bits per heavy atom. The number of halogens is 2. The summed E-state index contributed by atoms with van der Waals surface area (Å²) in [7, 11) is 1.71. The van der Waals surface area contributed by atoms with E-state index < -0.39 is 0 Å². The monoisotopic (exact) mass is 339 g/mol. The van der Waals surface area contributed by atoms with Crippen LogP contribution in [0, 0.1) is 0 Å². The lowest BCUT2D eigenvalue weighted by atomic mass is 10.2. The van der Waals surface area contributed by atoms with Gasteiger partial charge in [-0.1, -0.05) is 23.7 Å². The third-order valence-electron chi connectivity index (χ3n) is 2.46. The van der Waals surface area contributed by atoms with Crippen LogP contribution in [-0.4, -0.2) is 17.9 Å². The van der Waals surface area contributed by atoms with E-state index in [-0.39, 0.29) is 5.91 Å². The standard InChI is InChI=1S/C13H11BrClN3O/c1-16-12-9(6-8(14)7-17-12)13(19)18-11-5-3-2-4-10(11)15/h2-7H,1H3,(H,16,17)(H,18,19). The Kier molecular flexibility index (Phi) is 4.39. The first kappa shape index (κ1) is 13.8. The summed E-state index contributed by atoms with van der Waals surface area (Å²) in [5, 5.41) is 6.13. The molecule has 1 heterocycles. The average Bonchev–Trinajstić information content (AvgIpc) is 2.41. The molecule has 0 radical (unpaired) electrons. The number of hydrogen-bond donors (Lipinski definition) is 2. The second kappa shape index (κ2) is 6.04. The minimum atomic E-state index is -0.272. The zero-order valence-corrected chi connectivity index (χ0v) is 12.4. The smallest absolute Gasteiger partial charge is 0.259 e. The first-order valence-corrected chi connectivity index (χ1v) is 6.68. The Hall–Kier alpha value is -1.59. The molecule has 0 aliphatic rings. The number of para-hydroxylation sites is 1. The topological polar surface area (TPSA) is 54.0 Å². The highest BCUT2D eigenvalue weighted by atomic mass is 79.9. The van der Waals surface area contributed by atoms with E-state index in [0.717, 1.165) is 4.47 Å². The van der Waals surface area contributed by atoms with Gasteiger partial charge in [0.2, 0.25) is 0 Å². The van der Waals surface area contributed by atoms with E-state index in [4.69, 9.17) is 11.6 Å². The SMILES string of the molecule is CNc1ncc(Br)cc1C(=O)Nc1ccccc1Cl. The third-order valence-corrected chi connectivity index (χ3v) is 3.22. The fourth-order valence-corrected chi connectivity index (χ4v) is 2.08. The number of amides is 1. The maximum atomic E-state index is 12.2. The van der Waals surface area contributed by atoms with Crippen molar-refractivity contribution in [2.75, 3.05) is 17.7 Å². The lowest BCUT2D eigenvalue weighted by Gasteiger charge is -2.10. The van der Waals surface area contributed by atoms with Crippen molar-refractivity contribution >= 4 is 44.9 Å². The summed E-state index contributed by atoms with van der Waals surface area (Å²) in [5.74, 6) is 0.235. The fourth-order valence-electron chi connectivity index (χ4n) is 1.56. The minimum Gasteiger partial charge on any atom is -0.372 e. The lowest BCUT2D eigenvalue weighted by molar-refractivity contribution is 0.102. The van der Waals surface area contributed by atoms with Gasteiger partial charge in [-0.2, -0.15) is 0 Å². The van der Waals surface area contributed by atoms with Crippen LogP contribution in [0.3, 0.4) is 0 Å². The van der Waals surface area contributed by atoms with Crippen LogP contribution in [0.5, 0.6) is 0 Å². The van der Waals surface area contributed by atoms with Crippen LogP contribution in [0.4, 0.5) is 11.5 Å². The molecule has 2 aromatic rings. The van der Waals surface area contributed by atoms with Gasteiger partial charge in [-0.15, -0.1) is 0 Å². The van der Waals surface area contributed by atoms with Gasteiger partial charge in [0.15, 0.2) is 0 Å². The van der Waals surface area contributed by atoms with Crippen LogP contribution in [0.1, 0.15) is 10.4 Å². The van der Waals surface area contributed by atoms with Gasteiger partial charge in [-0.3, -0.25) is 4.79 Å². The summed E-state index contributed by atoms with van der Waals surface area (Å²) in [5.41, 5.74) is 1.01. The largest absolute Gasteiger partial charge is 0.372 e. The summed E-state index contributed by atoms with van der Waals surface area (Å²) in [6.45, 7) is 0. The van der Waals surface area contributed by atoms with Gasteiger partial charge in [0.05, 0.1) is 16.3 Å². The Bertz CT molecular complexity index is 619. The van der Waals surface area contributed by atoms with Crippen LogP contribution >= 0.6 is 27.5 Å². The summed E-state index contributed by atoms with van der Waals surface area (Å²) >= 11 is 9.30. The van der Waals surface area contributed by atoms with E-state index in [2.05, 4.69) is 31.5 Å². The van der Waals surface area contributed by atoms with Crippen LogP contribution in [0.25, 0.3) is 0 Å². The first-order valence-electron chi connectivity index (χ1n) is 5.51. The van der Waals surface area contributed by atoms with Crippen LogP contribution < -0.4 is 10.6 Å². The van der Waals surface area contributed by atoms with Crippen molar-refractivity contribution < 1.29 is 4.79 Å². The van der Waals surface area contributed by atoms with Gasteiger partial charge in [0.1, 0.15) is 5.82 Å². The molecule has 0 saturated heterocycles. The molecular weight excluding hydrogens is 330 g/mol. The maximum Gasteiger partial charge on any atom is 0.259 e. The number of pyridine rings is 1. The number of carbonyl (C=O) groups excluding carboxylic acids is 1. The number of rotatable bonds is 3. The molecule has 4 nitrogen and oxygen atoms in total. The van der Waals surface area contributed by atoms with Crippen LogP contribution in [0.2, 0.25) is 5.02 Å². The molecule has 98 valence electrons. The van der Waals surface area contributed by atoms with E-state index in [1.165, 1.54) is 0 Å². The zero-order chi connectivity index (χ0) is 13.8. The Balaban J connectivity index is 2.30. The molecule has 19 heavy (non-hydrogen) atoms. The summed E-state index contributed by atoms with van der Waals surface area (Å²) in [6, 6.07) is 8.77. The highest BCUT2D eigenvalue weighted by Crippen LogP contribution is 2.23. The summed E-state index contributed by atoms with van der Waals surface area (Å²) in [6.07, 6.45) is 1.62. The molecule has 0 spiro atoms. The molecule has 2 N–H and O–H groups in total. The molecule has 1 amide bonds. The molecule has 0 aliphatic heterocycles.